The van der Waals surface area contributed by atoms with Crippen molar-refractivity contribution in [2.45, 2.75) is 6.92 Å². The minimum absolute atomic E-state index is 0.0458. The summed E-state index contributed by atoms with van der Waals surface area (Å²) in [5.74, 6) is 0.203. The highest BCUT2D eigenvalue weighted by Gasteiger charge is 2.17. The third-order valence-corrected chi connectivity index (χ3v) is 2.21. The van der Waals surface area contributed by atoms with Crippen molar-refractivity contribution in [2.75, 3.05) is 5.73 Å². The van der Waals surface area contributed by atoms with Crippen LogP contribution < -0.4 is 10.5 Å². The Morgan fingerprint density at radius 1 is 1.33 bits per heavy atom. The van der Waals surface area contributed by atoms with Crippen LogP contribution in [-0.4, -0.2) is 14.9 Å². The number of benzene rings is 1. The van der Waals surface area contributed by atoms with Gasteiger partial charge in [-0.2, -0.15) is 0 Å². The number of anilines is 1. The van der Waals surface area contributed by atoms with E-state index < -0.39 is 4.92 Å². The van der Waals surface area contributed by atoms with Crippen molar-refractivity contribution < 1.29 is 9.66 Å². The monoisotopic (exact) mass is 246 g/mol. The van der Waals surface area contributed by atoms with E-state index in [0.29, 0.717) is 0 Å². The molecule has 0 radical (unpaired) electrons. The summed E-state index contributed by atoms with van der Waals surface area (Å²) < 4.78 is 5.32. The molecule has 7 heteroatoms. The average molecular weight is 246 g/mol. The fourth-order valence-corrected chi connectivity index (χ4v) is 1.38. The molecule has 0 saturated heterocycles. The highest BCUT2D eigenvalue weighted by molar-refractivity contribution is 5.52. The van der Waals surface area contributed by atoms with Gasteiger partial charge in [-0.25, -0.2) is 9.97 Å². The van der Waals surface area contributed by atoms with E-state index in [9.17, 15) is 10.1 Å². The Morgan fingerprint density at radius 2 is 2.06 bits per heavy atom. The maximum absolute atomic E-state index is 10.9. The number of nitro benzene ring substituents is 1. The summed E-state index contributed by atoms with van der Waals surface area (Å²) in [6.07, 6.45) is 2.80. The summed E-state index contributed by atoms with van der Waals surface area (Å²) >= 11 is 0. The van der Waals surface area contributed by atoms with Gasteiger partial charge in [0.2, 0.25) is 5.75 Å². The van der Waals surface area contributed by atoms with Gasteiger partial charge in [0.05, 0.1) is 4.92 Å². The number of ether oxygens (including phenoxy) is 1. The van der Waals surface area contributed by atoms with Crippen LogP contribution in [0, 0.1) is 17.0 Å². The fraction of sp³-hybridized carbons (Fsp3) is 0.0909. The average Bonchev–Trinajstić information content (AvgIpc) is 2.34. The third kappa shape index (κ3) is 2.34. The second-order valence-electron chi connectivity index (χ2n) is 3.58. The van der Waals surface area contributed by atoms with Gasteiger partial charge in [0.1, 0.15) is 0 Å². The summed E-state index contributed by atoms with van der Waals surface area (Å²) in [5, 5.41) is 10.9. The number of hydrogen-bond acceptors (Lipinski definition) is 6. The molecule has 0 fully saturated rings. The molecule has 1 aromatic heterocycles. The van der Waals surface area contributed by atoms with Crippen LogP contribution in [-0.2, 0) is 0 Å². The van der Waals surface area contributed by atoms with Crippen LogP contribution in [0.2, 0.25) is 0 Å². The van der Waals surface area contributed by atoms with Crippen LogP contribution in [0.15, 0.2) is 30.6 Å². The second-order valence-corrected chi connectivity index (χ2v) is 3.58. The summed E-state index contributed by atoms with van der Waals surface area (Å²) in [4.78, 5) is 18.0. The maximum atomic E-state index is 10.9. The zero-order chi connectivity index (χ0) is 13.1. The Morgan fingerprint density at radius 3 is 2.72 bits per heavy atom. The van der Waals surface area contributed by atoms with Gasteiger partial charge in [0.15, 0.2) is 5.82 Å². The molecule has 0 unspecified atom stereocenters. The number of rotatable bonds is 3. The molecular weight excluding hydrogens is 236 g/mol. The van der Waals surface area contributed by atoms with Crippen molar-refractivity contribution >= 4 is 11.5 Å². The maximum Gasteiger partial charge on any atom is 0.311 e. The van der Waals surface area contributed by atoms with Crippen molar-refractivity contribution in [1.82, 2.24) is 9.97 Å². The molecule has 0 atom stereocenters. The van der Waals surface area contributed by atoms with E-state index in [2.05, 4.69) is 9.97 Å². The van der Waals surface area contributed by atoms with Crippen molar-refractivity contribution in [1.29, 1.82) is 0 Å². The molecule has 92 valence electrons. The molecular formula is C11H10N4O3. The summed E-state index contributed by atoms with van der Waals surface area (Å²) in [5.41, 5.74) is 6.18. The molecule has 0 amide bonds. The van der Waals surface area contributed by atoms with Gasteiger partial charge in [-0.05, 0) is 18.6 Å². The molecule has 0 bridgehead atoms. The molecule has 0 saturated carbocycles. The number of aromatic nitrogens is 2. The van der Waals surface area contributed by atoms with Gasteiger partial charge in [-0.15, -0.1) is 0 Å². The lowest BCUT2D eigenvalue weighted by Crippen LogP contribution is -1.99. The lowest BCUT2D eigenvalue weighted by molar-refractivity contribution is -0.385. The van der Waals surface area contributed by atoms with Gasteiger partial charge < -0.3 is 10.5 Å². The van der Waals surface area contributed by atoms with Gasteiger partial charge in [0, 0.05) is 18.5 Å². The Balaban J connectivity index is 2.41. The van der Waals surface area contributed by atoms with Crippen LogP contribution in [0.3, 0.4) is 0 Å². The fourth-order valence-electron chi connectivity index (χ4n) is 1.38. The lowest BCUT2D eigenvalue weighted by atomic mass is 10.2. The van der Waals surface area contributed by atoms with E-state index >= 15 is 0 Å². The number of aryl methyl sites for hydroxylation is 1. The van der Waals surface area contributed by atoms with Crippen LogP contribution in [0.4, 0.5) is 11.5 Å². The van der Waals surface area contributed by atoms with Gasteiger partial charge in [-0.1, -0.05) is 6.07 Å². The molecule has 2 rings (SSSR count). The first kappa shape index (κ1) is 11.8. The molecule has 0 aliphatic rings. The molecule has 0 spiro atoms. The first-order valence-corrected chi connectivity index (χ1v) is 5.07. The van der Waals surface area contributed by atoms with Crippen LogP contribution in [0.5, 0.6) is 11.6 Å². The molecule has 1 heterocycles. The highest BCUT2D eigenvalue weighted by Crippen LogP contribution is 2.32. The van der Waals surface area contributed by atoms with Gasteiger partial charge in [-0.3, -0.25) is 10.1 Å². The second kappa shape index (κ2) is 4.66. The Kier molecular flexibility index (Phi) is 3.05. The largest absolute Gasteiger partial charge is 0.429 e. The van der Waals surface area contributed by atoms with Gasteiger partial charge in [0.25, 0.3) is 5.88 Å². The molecule has 0 aliphatic heterocycles. The number of nitrogen functional groups attached to an aromatic ring is 1. The van der Waals surface area contributed by atoms with Crippen molar-refractivity contribution in [3.8, 4) is 11.6 Å². The van der Waals surface area contributed by atoms with Crippen LogP contribution in [0.25, 0.3) is 0 Å². The molecule has 2 N–H and O–H groups in total. The van der Waals surface area contributed by atoms with E-state index in [1.807, 2.05) is 0 Å². The number of hydrogen-bond donors (Lipinski definition) is 1. The lowest BCUT2D eigenvalue weighted by Gasteiger charge is -2.06. The minimum atomic E-state index is -0.519. The predicted molar refractivity (Wildman–Crippen MR) is 64.4 cm³/mol. The molecule has 18 heavy (non-hydrogen) atoms. The third-order valence-electron chi connectivity index (χ3n) is 2.21. The first-order chi connectivity index (χ1) is 8.58. The molecule has 7 nitrogen and oxygen atoms in total. The zero-order valence-corrected chi connectivity index (χ0v) is 9.53. The normalized spacial score (nSPS) is 10.1. The van der Waals surface area contributed by atoms with E-state index in [1.165, 1.54) is 24.5 Å². The van der Waals surface area contributed by atoms with Crippen molar-refractivity contribution in [3.05, 3.63) is 46.3 Å². The predicted octanol–water partition coefficient (Wildman–Crippen LogP) is 2.07. The molecule has 2 aromatic rings. The number of nitrogens with zero attached hydrogens (tertiary/aromatic N) is 3. The topological polar surface area (TPSA) is 104 Å². The summed E-state index contributed by atoms with van der Waals surface area (Å²) in [6, 6.07) is 4.62. The highest BCUT2D eigenvalue weighted by atomic mass is 16.6. The number of nitro groups is 1. The molecule has 1 aromatic carbocycles. The van der Waals surface area contributed by atoms with E-state index in [4.69, 9.17) is 10.5 Å². The molecule has 0 aliphatic carbocycles. The van der Waals surface area contributed by atoms with Crippen molar-refractivity contribution in [3.63, 3.8) is 0 Å². The van der Waals surface area contributed by atoms with Crippen LogP contribution >= 0.6 is 0 Å². The van der Waals surface area contributed by atoms with E-state index in [-0.39, 0.29) is 23.1 Å². The Labute approximate surface area is 102 Å². The van der Waals surface area contributed by atoms with E-state index in [1.54, 1.807) is 13.0 Å². The zero-order valence-electron chi connectivity index (χ0n) is 9.53. The van der Waals surface area contributed by atoms with Crippen molar-refractivity contribution in [2.24, 2.45) is 0 Å². The standard InChI is InChI=1S/C11H10N4O3/c1-7-2-3-9(8(6-7)15(16)17)18-11-10(12)13-4-5-14-11/h2-6H,1H3,(H2,12,13). The first-order valence-electron chi connectivity index (χ1n) is 5.07. The van der Waals surface area contributed by atoms with Crippen LogP contribution in [0.1, 0.15) is 5.56 Å². The van der Waals surface area contributed by atoms with Gasteiger partial charge >= 0.3 is 5.69 Å². The summed E-state index contributed by atoms with van der Waals surface area (Å²) in [6.45, 7) is 1.76. The smallest absolute Gasteiger partial charge is 0.311 e. The Bertz CT molecular complexity index is 601. The van der Waals surface area contributed by atoms with E-state index in [0.717, 1.165) is 5.56 Å². The SMILES string of the molecule is Cc1ccc(Oc2nccnc2N)c([N+](=O)[O-])c1. The number of nitrogens with two attached hydrogens (primary N) is 1. The minimum Gasteiger partial charge on any atom is -0.429 e. The summed E-state index contributed by atoms with van der Waals surface area (Å²) in [7, 11) is 0. The quantitative estimate of drug-likeness (QED) is 0.656. The Hall–Kier alpha value is -2.70.